The van der Waals surface area contributed by atoms with E-state index < -0.39 is 11.6 Å². The standard InChI is InChI=1S/C21H31F2N3O2/c1-21(2,3)26-11-9-25(10-12-26)20-17(22)13-16(14-18(20)23)28-15-19(27)24-7-5-4-6-8-24/h13-14H,4-12,15H2,1-3H3. The van der Waals surface area contributed by atoms with Gasteiger partial charge in [-0.1, -0.05) is 0 Å². The van der Waals surface area contributed by atoms with E-state index in [-0.39, 0.29) is 29.5 Å². The molecule has 2 heterocycles. The van der Waals surface area contributed by atoms with Crippen LogP contribution in [-0.4, -0.2) is 67.1 Å². The number of amides is 1. The van der Waals surface area contributed by atoms with Crippen molar-refractivity contribution in [2.45, 2.75) is 45.6 Å². The molecule has 1 aromatic carbocycles. The predicted octanol–water partition coefficient (Wildman–Crippen LogP) is 3.28. The number of piperazine rings is 1. The number of anilines is 1. The van der Waals surface area contributed by atoms with Gasteiger partial charge in [-0.25, -0.2) is 8.78 Å². The van der Waals surface area contributed by atoms with Crippen molar-refractivity contribution < 1.29 is 18.3 Å². The molecular weight excluding hydrogens is 364 g/mol. The largest absolute Gasteiger partial charge is 0.484 e. The number of carbonyl (C=O) groups excluding carboxylic acids is 1. The number of nitrogens with zero attached hydrogens (tertiary/aromatic N) is 3. The molecule has 0 aliphatic carbocycles. The summed E-state index contributed by atoms with van der Waals surface area (Å²) >= 11 is 0. The maximum absolute atomic E-state index is 14.6. The van der Waals surface area contributed by atoms with Crippen molar-refractivity contribution in [1.82, 2.24) is 9.80 Å². The van der Waals surface area contributed by atoms with E-state index in [0.29, 0.717) is 13.1 Å². The number of rotatable bonds is 4. The molecule has 1 aromatic rings. The molecule has 2 aliphatic rings. The second-order valence-corrected chi connectivity index (χ2v) is 8.61. The number of piperidine rings is 1. The molecule has 2 aliphatic heterocycles. The Labute approximate surface area is 166 Å². The fraction of sp³-hybridized carbons (Fsp3) is 0.667. The van der Waals surface area contributed by atoms with Gasteiger partial charge in [-0.3, -0.25) is 9.69 Å². The number of carbonyl (C=O) groups is 1. The lowest BCUT2D eigenvalue weighted by Crippen LogP contribution is -2.53. The molecule has 0 spiro atoms. The minimum absolute atomic E-state index is 0.0109. The van der Waals surface area contributed by atoms with Crippen LogP contribution in [0.2, 0.25) is 0 Å². The van der Waals surface area contributed by atoms with Crippen LogP contribution in [0.15, 0.2) is 12.1 Å². The van der Waals surface area contributed by atoms with Crippen molar-refractivity contribution in [3.05, 3.63) is 23.8 Å². The monoisotopic (exact) mass is 395 g/mol. The zero-order valence-corrected chi connectivity index (χ0v) is 17.1. The number of likely N-dealkylation sites (tertiary alicyclic amines) is 1. The van der Waals surface area contributed by atoms with Gasteiger partial charge in [0, 0.05) is 56.9 Å². The van der Waals surface area contributed by atoms with E-state index in [1.54, 1.807) is 9.80 Å². The van der Waals surface area contributed by atoms with Crippen molar-refractivity contribution in [3.8, 4) is 5.75 Å². The molecule has 0 saturated carbocycles. The summed E-state index contributed by atoms with van der Waals surface area (Å²) in [5.41, 5.74) is 0.0326. The SMILES string of the molecule is CC(C)(C)N1CCN(c2c(F)cc(OCC(=O)N3CCCCC3)cc2F)CC1. The quantitative estimate of drug-likeness (QED) is 0.784. The van der Waals surface area contributed by atoms with Gasteiger partial charge in [0.05, 0.1) is 0 Å². The molecule has 7 heteroatoms. The molecule has 0 atom stereocenters. The molecule has 0 N–H and O–H groups in total. The molecule has 28 heavy (non-hydrogen) atoms. The van der Waals surface area contributed by atoms with Crippen LogP contribution in [0.4, 0.5) is 14.5 Å². The first-order chi connectivity index (χ1) is 13.3. The Hall–Kier alpha value is -1.89. The number of benzene rings is 1. The summed E-state index contributed by atoms with van der Waals surface area (Å²) in [7, 11) is 0. The van der Waals surface area contributed by atoms with Crippen molar-refractivity contribution in [2.75, 3.05) is 50.8 Å². The Morgan fingerprint density at radius 2 is 1.54 bits per heavy atom. The normalized spacial score (nSPS) is 19.0. The van der Waals surface area contributed by atoms with Gasteiger partial charge < -0.3 is 14.5 Å². The molecule has 0 unspecified atom stereocenters. The summed E-state index contributed by atoms with van der Waals surface area (Å²) in [6, 6.07) is 2.36. The fourth-order valence-corrected chi connectivity index (χ4v) is 3.91. The zero-order chi connectivity index (χ0) is 20.3. The molecule has 2 saturated heterocycles. The summed E-state index contributed by atoms with van der Waals surface area (Å²) in [4.78, 5) is 18.0. The predicted molar refractivity (Wildman–Crippen MR) is 106 cm³/mol. The maximum Gasteiger partial charge on any atom is 0.260 e. The minimum Gasteiger partial charge on any atom is -0.484 e. The lowest BCUT2D eigenvalue weighted by Gasteiger charge is -2.43. The third-order valence-corrected chi connectivity index (χ3v) is 5.61. The summed E-state index contributed by atoms with van der Waals surface area (Å²) in [5.74, 6) is -1.38. The van der Waals surface area contributed by atoms with Gasteiger partial charge in [-0.2, -0.15) is 0 Å². The zero-order valence-electron chi connectivity index (χ0n) is 17.1. The van der Waals surface area contributed by atoms with Crippen LogP contribution in [0.25, 0.3) is 0 Å². The highest BCUT2D eigenvalue weighted by Crippen LogP contribution is 2.30. The summed E-state index contributed by atoms with van der Waals surface area (Å²) in [5, 5.41) is 0. The highest BCUT2D eigenvalue weighted by molar-refractivity contribution is 5.77. The van der Waals surface area contributed by atoms with E-state index in [4.69, 9.17) is 4.74 Å². The van der Waals surface area contributed by atoms with Gasteiger partial charge in [0.1, 0.15) is 11.4 Å². The van der Waals surface area contributed by atoms with Crippen molar-refractivity contribution in [2.24, 2.45) is 0 Å². The molecule has 0 aromatic heterocycles. The second-order valence-electron chi connectivity index (χ2n) is 8.61. The van der Waals surface area contributed by atoms with E-state index in [2.05, 4.69) is 25.7 Å². The van der Waals surface area contributed by atoms with Crippen LogP contribution >= 0.6 is 0 Å². The number of halogens is 2. The van der Waals surface area contributed by atoms with Crippen LogP contribution < -0.4 is 9.64 Å². The van der Waals surface area contributed by atoms with Crippen molar-refractivity contribution in [1.29, 1.82) is 0 Å². The molecule has 156 valence electrons. The average Bonchev–Trinajstić information content (AvgIpc) is 2.66. The van der Waals surface area contributed by atoms with Gasteiger partial charge in [0.15, 0.2) is 18.2 Å². The topological polar surface area (TPSA) is 36.0 Å². The molecule has 3 rings (SSSR count). The first-order valence-electron chi connectivity index (χ1n) is 10.2. The lowest BCUT2D eigenvalue weighted by atomic mass is 10.0. The van der Waals surface area contributed by atoms with Crippen LogP contribution in [0.5, 0.6) is 5.75 Å². The van der Waals surface area contributed by atoms with Crippen LogP contribution in [-0.2, 0) is 4.79 Å². The summed E-state index contributed by atoms with van der Waals surface area (Å²) in [6.45, 7) is 10.3. The van der Waals surface area contributed by atoms with Gasteiger partial charge in [0.2, 0.25) is 0 Å². The van der Waals surface area contributed by atoms with E-state index in [1.807, 2.05) is 0 Å². The molecule has 0 radical (unpaired) electrons. The highest BCUT2D eigenvalue weighted by atomic mass is 19.1. The number of hydrogen-bond acceptors (Lipinski definition) is 4. The lowest BCUT2D eigenvalue weighted by molar-refractivity contribution is -0.134. The summed E-state index contributed by atoms with van der Waals surface area (Å²) < 4.78 is 34.7. The van der Waals surface area contributed by atoms with Crippen LogP contribution in [0, 0.1) is 11.6 Å². The van der Waals surface area contributed by atoms with Gasteiger partial charge in [-0.15, -0.1) is 0 Å². The van der Waals surface area contributed by atoms with Crippen molar-refractivity contribution >= 4 is 11.6 Å². The number of ether oxygens (including phenoxy) is 1. The Kier molecular flexibility index (Phi) is 6.43. The van der Waals surface area contributed by atoms with E-state index in [0.717, 1.165) is 45.4 Å². The molecular formula is C21H31F2N3O2. The fourth-order valence-electron chi connectivity index (χ4n) is 3.91. The third kappa shape index (κ3) is 4.93. The van der Waals surface area contributed by atoms with Gasteiger partial charge >= 0.3 is 0 Å². The maximum atomic E-state index is 14.6. The second kappa shape index (κ2) is 8.64. The van der Waals surface area contributed by atoms with Crippen molar-refractivity contribution in [3.63, 3.8) is 0 Å². The molecule has 2 fully saturated rings. The smallest absolute Gasteiger partial charge is 0.260 e. The first kappa shape index (κ1) is 20.8. The van der Waals surface area contributed by atoms with Crippen LogP contribution in [0.1, 0.15) is 40.0 Å². The Balaban J connectivity index is 1.61. The Morgan fingerprint density at radius 1 is 0.964 bits per heavy atom. The molecule has 0 bridgehead atoms. The van der Waals surface area contributed by atoms with E-state index in [9.17, 15) is 13.6 Å². The average molecular weight is 395 g/mol. The summed E-state index contributed by atoms with van der Waals surface area (Å²) in [6.07, 6.45) is 3.12. The molecule has 1 amide bonds. The highest BCUT2D eigenvalue weighted by Gasteiger charge is 2.28. The Bertz CT molecular complexity index is 668. The Morgan fingerprint density at radius 3 is 2.07 bits per heavy atom. The number of hydrogen-bond donors (Lipinski definition) is 0. The van der Waals surface area contributed by atoms with E-state index >= 15 is 0 Å². The van der Waals surface area contributed by atoms with Gasteiger partial charge in [0.25, 0.3) is 5.91 Å². The minimum atomic E-state index is -0.648. The van der Waals surface area contributed by atoms with E-state index in [1.165, 1.54) is 12.1 Å². The van der Waals surface area contributed by atoms with Crippen LogP contribution in [0.3, 0.4) is 0 Å². The first-order valence-corrected chi connectivity index (χ1v) is 10.2. The third-order valence-electron chi connectivity index (χ3n) is 5.61. The molecule has 5 nitrogen and oxygen atoms in total. The van der Waals surface area contributed by atoms with Gasteiger partial charge in [-0.05, 0) is 40.0 Å².